The normalized spacial score (nSPS) is 10.6. The Balaban J connectivity index is 2.64. The molecule has 2 aromatic heterocycles. The summed E-state index contributed by atoms with van der Waals surface area (Å²) in [5, 5.41) is 7.43. The molecule has 0 saturated carbocycles. The summed E-state index contributed by atoms with van der Waals surface area (Å²) in [5.41, 5.74) is 1.93. The van der Waals surface area contributed by atoms with Crippen molar-refractivity contribution in [2.45, 2.75) is 13.8 Å². The molecule has 0 aliphatic heterocycles. The molecule has 17 heavy (non-hydrogen) atoms. The first-order valence-electron chi connectivity index (χ1n) is 4.96. The fraction of sp³-hybridized carbons (Fsp3) is 0.300. The van der Waals surface area contributed by atoms with Gasteiger partial charge in [0, 0.05) is 7.05 Å². The molecule has 0 amide bonds. The van der Waals surface area contributed by atoms with E-state index in [0.29, 0.717) is 0 Å². The molecule has 0 aliphatic carbocycles. The van der Waals surface area contributed by atoms with Gasteiger partial charge in [0.05, 0.1) is 15.9 Å². The lowest BCUT2D eigenvalue weighted by Crippen LogP contribution is -2.06. The number of halogens is 2. The maximum atomic E-state index is 4.44. The molecule has 0 unspecified atom stereocenters. The van der Waals surface area contributed by atoms with Gasteiger partial charge in [0.2, 0.25) is 0 Å². The topological polar surface area (TPSA) is 55.6 Å². The van der Waals surface area contributed by atoms with E-state index in [9.17, 15) is 0 Å². The summed E-state index contributed by atoms with van der Waals surface area (Å²) in [6, 6.07) is 0. The van der Waals surface area contributed by atoms with Crippen LogP contribution in [-0.2, 0) is 0 Å². The fourth-order valence-corrected chi connectivity index (χ4v) is 2.33. The van der Waals surface area contributed by atoms with Crippen molar-refractivity contribution in [2.24, 2.45) is 0 Å². The number of nitrogens with zero attached hydrogens (tertiary/aromatic N) is 4. The zero-order valence-electron chi connectivity index (χ0n) is 9.62. The van der Waals surface area contributed by atoms with Crippen molar-refractivity contribution in [3.8, 4) is 5.82 Å². The van der Waals surface area contributed by atoms with Gasteiger partial charge in [-0.25, -0.2) is 14.6 Å². The summed E-state index contributed by atoms with van der Waals surface area (Å²) >= 11 is 6.98. The average molecular weight is 361 g/mol. The summed E-state index contributed by atoms with van der Waals surface area (Å²) in [4.78, 5) is 8.37. The highest BCUT2D eigenvalue weighted by Gasteiger charge is 2.15. The van der Waals surface area contributed by atoms with E-state index < -0.39 is 0 Å². The van der Waals surface area contributed by atoms with Gasteiger partial charge in [-0.1, -0.05) is 0 Å². The quantitative estimate of drug-likeness (QED) is 0.894. The number of anilines is 1. The molecule has 1 N–H and O–H groups in total. The van der Waals surface area contributed by atoms with E-state index in [1.165, 1.54) is 6.33 Å². The van der Waals surface area contributed by atoms with E-state index in [1.807, 2.05) is 20.9 Å². The smallest absolute Gasteiger partial charge is 0.173 e. The van der Waals surface area contributed by atoms with Gasteiger partial charge in [0.25, 0.3) is 0 Å². The second-order valence-corrected chi connectivity index (χ2v) is 5.09. The van der Waals surface area contributed by atoms with Gasteiger partial charge in [-0.15, -0.1) is 0 Å². The summed E-state index contributed by atoms with van der Waals surface area (Å²) < 4.78 is 3.57. The Morgan fingerprint density at radius 2 is 1.88 bits per heavy atom. The van der Waals surface area contributed by atoms with Crippen LogP contribution in [0, 0.1) is 13.8 Å². The van der Waals surface area contributed by atoms with Crippen LogP contribution in [0.25, 0.3) is 5.82 Å². The number of hydrogen-bond acceptors (Lipinski definition) is 4. The van der Waals surface area contributed by atoms with Crippen molar-refractivity contribution >= 4 is 37.7 Å². The van der Waals surface area contributed by atoms with Gasteiger partial charge in [-0.05, 0) is 45.7 Å². The fourth-order valence-electron chi connectivity index (χ4n) is 1.51. The summed E-state index contributed by atoms with van der Waals surface area (Å²) in [7, 11) is 1.81. The molecule has 0 aromatic carbocycles. The van der Waals surface area contributed by atoms with E-state index in [4.69, 9.17) is 0 Å². The number of hydrogen-bond donors (Lipinski definition) is 1. The van der Waals surface area contributed by atoms with E-state index in [-0.39, 0.29) is 0 Å². The van der Waals surface area contributed by atoms with Crippen LogP contribution < -0.4 is 5.32 Å². The van der Waals surface area contributed by atoms with Crippen LogP contribution in [0.2, 0.25) is 0 Å². The molecule has 0 spiro atoms. The minimum absolute atomic E-state index is 0.718. The standard InChI is InChI=1S/C10H11Br2N5/c1-5-7(11)6(2)17(16-5)10-8(12)9(13-3)14-4-15-10/h4H,1-3H3,(H,13,14,15). The van der Waals surface area contributed by atoms with Crippen molar-refractivity contribution < 1.29 is 0 Å². The SMILES string of the molecule is CNc1ncnc(-n2nc(C)c(Br)c2C)c1Br. The molecule has 2 rings (SSSR count). The first-order valence-corrected chi connectivity index (χ1v) is 6.55. The van der Waals surface area contributed by atoms with Gasteiger partial charge in [0.15, 0.2) is 5.82 Å². The molecule has 2 heterocycles. The van der Waals surface area contributed by atoms with Gasteiger partial charge in [-0.2, -0.15) is 5.10 Å². The summed E-state index contributed by atoms with van der Waals surface area (Å²) in [5.74, 6) is 1.45. The van der Waals surface area contributed by atoms with Crippen LogP contribution in [0.5, 0.6) is 0 Å². The Bertz CT molecular complexity index is 564. The van der Waals surface area contributed by atoms with E-state index in [2.05, 4.69) is 52.2 Å². The number of nitrogens with one attached hydrogen (secondary N) is 1. The molecule has 5 nitrogen and oxygen atoms in total. The van der Waals surface area contributed by atoms with Gasteiger partial charge < -0.3 is 5.32 Å². The Labute approximate surface area is 116 Å². The Morgan fingerprint density at radius 1 is 1.18 bits per heavy atom. The highest BCUT2D eigenvalue weighted by molar-refractivity contribution is 9.11. The molecule has 2 aromatic rings. The van der Waals surface area contributed by atoms with Crippen LogP contribution in [0.3, 0.4) is 0 Å². The lowest BCUT2D eigenvalue weighted by molar-refractivity contribution is 0.796. The van der Waals surface area contributed by atoms with Crippen LogP contribution in [0.4, 0.5) is 5.82 Å². The predicted octanol–water partition coefficient (Wildman–Crippen LogP) is 2.85. The molecule has 0 bridgehead atoms. The monoisotopic (exact) mass is 359 g/mol. The van der Waals surface area contributed by atoms with Crippen LogP contribution >= 0.6 is 31.9 Å². The van der Waals surface area contributed by atoms with Gasteiger partial charge >= 0.3 is 0 Å². The Morgan fingerprint density at radius 3 is 2.41 bits per heavy atom. The van der Waals surface area contributed by atoms with Crippen molar-refractivity contribution in [3.05, 3.63) is 26.7 Å². The lowest BCUT2D eigenvalue weighted by atomic mass is 10.4. The number of rotatable bonds is 2. The summed E-state index contributed by atoms with van der Waals surface area (Å²) in [6.45, 7) is 3.93. The molecule has 0 fully saturated rings. The van der Waals surface area contributed by atoms with Crippen LogP contribution in [0.15, 0.2) is 15.3 Å². The van der Waals surface area contributed by atoms with E-state index >= 15 is 0 Å². The molecule has 0 atom stereocenters. The van der Waals surface area contributed by atoms with Crippen molar-refractivity contribution in [2.75, 3.05) is 12.4 Å². The second kappa shape index (κ2) is 4.73. The zero-order valence-corrected chi connectivity index (χ0v) is 12.8. The van der Waals surface area contributed by atoms with Gasteiger partial charge in [-0.3, -0.25) is 0 Å². The zero-order chi connectivity index (χ0) is 12.6. The minimum Gasteiger partial charge on any atom is -0.372 e. The Hall–Kier alpha value is -0.950. The molecule has 7 heteroatoms. The number of aromatic nitrogens is 4. The molecular formula is C10H11Br2N5. The molecule has 0 aliphatic rings. The predicted molar refractivity (Wildman–Crippen MR) is 73.6 cm³/mol. The highest BCUT2D eigenvalue weighted by atomic mass is 79.9. The summed E-state index contributed by atoms with van der Waals surface area (Å²) in [6.07, 6.45) is 1.51. The lowest BCUT2D eigenvalue weighted by Gasteiger charge is -2.08. The molecular weight excluding hydrogens is 350 g/mol. The second-order valence-electron chi connectivity index (χ2n) is 3.51. The van der Waals surface area contributed by atoms with Crippen molar-refractivity contribution in [1.29, 1.82) is 0 Å². The van der Waals surface area contributed by atoms with E-state index in [0.717, 1.165) is 32.0 Å². The maximum Gasteiger partial charge on any atom is 0.173 e. The molecule has 0 radical (unpaired) electrons. The average Bonchev–Trinajstić information content (AvgIpc) is 2.57. The third-order valence-electron chi connectivity index (χ3n) is 2.41. The van der Waals surface area contributed by atoms with Crippen molar-refractivity contribution in [3.63, 3.8) is 0 Å². The first-order chi connectivity index (χ1) is 8.06. The van der Waals surface area contributed by atoms with Gasteiger partial charge in [0.1, 0.15) is 16.6 Å². The van der Waals surface area contributed by atoms with Crippen molar-refractivity contribution in [1.82, 2.24) is 19.7 Å². The molecule has 90 valence electrons. The molecule has 0 saturated heterocycles. The third-order valence-corrected chi connectivity index (χ3v) is 4.29. The third kappa shape index (κ3) is 2.09. The van der Waals surface area contributed by atoms with Crippen LogP contribution in [-0.4, -0.2) is 26.8 Å². The first kappa shape index (κ1) is 12.5. The highest BCUT2D eigenvalue weighted by Crippen LogP contribution is 2.28. The Kier molecular flexibility index (Phi) is 3.48. The minimum atomic E-state index is 0.718. The maximum absolute atomic E-state index is 4.44. The largest absolute Gasteiger partial charge is 0.372 e. The van der Waals surface area contributed by atoms with E-state index in [1.54, 1.807) is 4.68 Å². The number of aryl methyl sites for hydroxylation is 1. The van der Waals surface area contributed by atoms with Crippen LogP contribution in [0.1, 0.15) is 11.4 Å².